The summed E-state index contributed by atoms with van der Waals surface area (Å²) in [5, 5.41) is 0. The van der Waals surface area contributed by atoms with E-state index in [4.69, 9.17) is 9.47 Å². The minimum absolute atomic E-state index is 0.709. The van der Waals surface area contributed by atoms with Gasteiger partial charge in [0.15, 0.2) is 11.5 Å². The van der Waals surface area contributed by atoms with Gasteiger partial charge in [-0.2, -0.15) is 0 Å². The van der Waals surface area contributed by atoms with Crippen LogP contribution in [0.2, 0.25) is 0 Å². The Bertz CT molecular complexity index is 1090. The first-order chi connectivity index (χ1) is 13.8. The van der Waals surface area contributed by atoms with Crippen LogP contribution < -0.4 is 14.4 Å². The number of hydrogen-bond donors (Lipinski definition) is 1. The van der Waals surface area contributed by atoms with Gasteiger partial charge in [0.2, 0.25) is 0 Å². The zero-order chi connectivity index (χ0) is 18.9. The molecule has 0 atom stereocenters. The lowest BCUT2D eigenvalue weighted by Crippen LogP contribution is -2.95. The third-order valence-corrected chi connectivity index (χ3v) is 5.11. The SMILES string of the molecule is COc1ccc([NH+]2c3ccccc3-c3ccccc32)cc1Oc1ccccc1. The average molecular weight is 366 g/mol. The van der Waals surface area contributed by atoms with Crippen LogP contribution in [0.4, 0.5) is 17.1 Å². The van der Waals surface area contributed by atoms with Crippen molar-refractivity contribution in [2.24, 2.45) is 0 Å². The Hall–Kier alpha value is -3.56. The van der Waals surface area contributed by atoms with Crippen molar-refractivity contribution in [1.82, 2.24) is 0 Å². The molecule has 3 heteroatoms. The van der Waals surface area contributed by atoms with E-state index in [1.165, 1.54) is 27.4 Å². The summed E-state index contributed by atoms with van der Waals surface area (Å²) < 4.78 is 11.7. The second kappa shape index (κ2) is 6.87. The molecule has 3 nitrogen and oxygen atoms in total. The molecule has 0 saturated carbocycles. The van der Waals surface area contributed by atoms with E-state index < -0.39 is 0 Å². The molecule has 0 aromatic heterocycles. The van der Waals surface area contributed by atoms with Crippen LogP contribution in [0.1, 0.15) is 0 Å². The highest BCUT2D eigenvalue weighted by Gasteiger charge is 2.33. The van der Waals surface area contributed by atoms with E-state index in [2.05, 4.69) is 60.7 Å². The van der Waals surface area contributed by atoms with Gasteiger partial charge in [-0.25, -0.2) is 4.90 Å². The van der Waals surface area contributed by atoms with E-state index in [0.717, 1.165) is 11.4 Å². The van der Waals surface area contributed by atoms with Crippen LogP contribution in [0.3, 0.4) is 0 Å². The van der Waals surface area contributed by atoms with Crippen molar-refractivity contribution < 1.29 is 14.4 Å². The van der Waals surface area contributed by atoms with Gasteiger partial charge in [-0.15, -0.1) is 0 Å². The van der Waals surface area contributed by atoms with Crippen molar-refractivity contribution in [3.05, 3.63) is 97.1 Å². The Kier molecular flexibility index (Phi) is 4.08. The van der Waals surface area contributed by atoms with Gasteiger partial charge in [0.25, 0.3) is 0 Å². The minimum atomic E-state index is 0.709. The Morgan fingerprint density at radius 3 is 1.86 bits per heavy atom. The monoisotopic (exact) mass is 366 g/mol. The number of hydrogen-bond acceptors (Lipinski definition) is 2. The molecule has 1 N–H and O–H groups in total. The van der Waals surface area contributed by atoms with Crippen molar-refractivity contribution in [3.8, 4) is 28.4 Å². The standard InChI is InChI=1S/C25H19NO2/c1-27-24-16-15-18(17-25(24)28-19-9-3-2-4-10-19)26-22-13-7-5-11-20(22)21-12-6-8-14-23(21)26/h2-17H,1H3/p+1. The molecule has 5 rings (SSSR count). The smallest absolute Gasteiger partial charge is 0.175 e. The van der Waals surface area contributed by atoms with Crippen molar-refractivity contribution in [2.45, 2.75) is 0 Å². The minimum Gasteiger partial charge on any atom is -0.493 e. The number of para-hydroxylation sites is 3. The van der Waals surface area contributed by atoms with E-state index in [9.17, 15) is 0 Å². The maximum absolute atomic E-state index is 6.14. The van der Waals surface area contributed by atoms with Gasteiger partial charge in [0, 0.05) is 35.4 Å². The van der Waals surface area contributed by atoms with Gasteiger partial charge in [-0.3, -0.25) is 0 Å². The van der Waals surface area contributed by atoms with E-state index in [0.29, 0.717) is 11.5 Å². The molecule has 0 bridgehead atoms. The first-order valence-corrected chi connectivity index (χ1v) is 9.32. The normalized spacial score (nSPS) is 12.3. The van der Waals surface area contributed by atoms with Gasteiger partial charge < -0.3 is 9.47 Å². The zero-order valence-electron chi connectivity index (χ0n) is 15.6. The summed E-state index contributed by atoms with van der Waals surface area (Å²) in [6, 6.07) is 33.1. The second-order valence-corrected chi connectivity index (χ2v) is 6.75. The van der Waals surface area contributed by atoms with Crippen molar-refractivity contribution in [3.63, 3.8) is 0 Å². The quantitative estimate of drug-likeness (QED) is 0.444. The molecule has 0 fully saturated rings. The van der Waals surface area contributed by atoms with Crippen LogP contribution in [0.25, 0.3) is 11.1 Å². The molecule has 28 heavy (non-hydrogen) atoms. The van der Waals surface area contributed by atoms with Crippen LogP contribution in [-0.4, -0.2) is 7.11 Å². The highest BCUT2D eigenvalue weighted by Crippen LogP contribution is 2.40. The lowest BCUT2D eigenvalue weighted by molar-refractivity contribution is -0.677. The fourth-order valence-corrected chi connectivity index (χ4v) is 3.86. The Morgan fingerprint density at radius 1 is 0.607 bits per heavy atom. The molecule has 136 valence electrons. The zero-order valence-corrected chi connectivity index (χ0v) is 15.6. The van der Waals surface area contributed by atoms with Crippen molar-refractivity contribution in [2.75, 3.05) is 7.11 Å². The van der Waals surface area contributed by atoms with Gasteiger partial charge in [-0.05, 0) is 30.3 Å². The molecular weight excluding hydrogens is 346 g/mol. The van der Waals surface area contributed by atoms with Crippen LogP contribution in [0, 0.1) is 0 Å². The molecule has 0 aliphatic carbocycles. The molecule has 1 heterocycles. The maximum atomic E-state index is 6.14. The fraction of sp³-hybridized carbons (Fsp3) is 0.0400. The molecular formula is C25H20NO2+. The van der Waals surface area contributed by atoms with Gasteiger partial charge in [0.1, 0.15) is 22.8 Å². The van der Waals surface area contributed by atoms with Crippen LogP contribution in [0.15, 0.2) is 97.1 Å². The van der Waals surface area contributed by atoms with Gasteiger partial charge in [0.05, 0.1) is 7.11 Å². The fourth-order valence-electron chi connectivity index (χ4n) is 3.86. The van der Waals surface area contributed by atoms with Crippen molar-refractivity contribution >= 4 is 17.1 Å². The molecule has 4 aromatic carbocycles. The van der Waals surface area contributed by atoms with E-state index in [-0.39, 0.29) is 0 Å². The Morgan fingerprint density at radius 2 is 1.21 bits per heavy atom. The number of benzene rings is 4. The summed E-state index contributed by atoms with van der Waals surface area (Å²) in [6.07, 6.45) is 0. The predicted octanol–water partition coefficient (Wildman–Crippen LogP) is 5.65. The molecule has 0 saturated heterocycles. The molecule has 1 aliphatic rings. The number of quaternary nitrogens is 1. The van der Waals surface area contributed by atoms with Gasteiger partial charge >= 0.3 is 0 Å². The molecule has 0 radical (unpaired) electrons. The predicted molar refractivity (Wildman–Crippen MR) is 111 cm³/mol. The summed E-state index contributed by atoms with van der Waals surface area (Å²) in [5.74, 6) is 2.21. The van der Waals surface area contributed by atoms with Crippen molar-refractivity contribution in [1.29, 1.82) is 0 Å². The molecule has 0 unspecified atom stereocenters. The third kappa shape index (κ3) is 2.73. The van der Waals surface area contributed by atoms with E-state index >= 15 is 0 Å². The summed E-state index contributed by atoms with van der Waals surface area (Å²) >= 11 is 0. The third-order valence-electron chi connectivity index (χ3n) is 5.11. The summed E-state index contributed by atoms with van der Waals surface area (Å²) in [5.41, 5.74) is 6.16. The lowest BCUT2D eigenvalue weighted by atomic mass is 10.1. The number of ether oxygens (including phenoxy) is 2. The van der Waals surface area contributed by atoms with Crippen LogP contribution in [-0.2, 0) is 0 Å². The first kappa shape index (κ1) is 16.6. The van der Waals surface area contributed by atoms with Gasteiger partial charge in [-0.1, -0.05) is 42.5 Å². The van der Waals surface area contributed by atoms with Crippen LogP contribution in [0.5, 0.6) is 17.2 Å². The maximum Gasteiger partial charge on any atom is 0.175 e. The Balaban J connectivity index is 1.63. The number of nitrogens with one attached hydrogen (secondary N) is 1. The highest BCUT2D eigenvalue weighted by atomic mass is 16.5. The number of methoxy groups -OCH3 is 1. The summed E-state index contributed by atoms with van der Waals surface area (Å²) in [4.78, 5) is 1.23. The largest absolute Gasteiger partial charge is 0.493 e. The molecule has 0 spiro atoms. The second-order valence-electron chi connectivity index (χ2n) is 6.75. The summed E-state index contributed by atoms with van der Waals surface area (Å²) in [7, 11) is 1.67. The Labute approximate surface area is 164 Å². The van der Waals surface area contributed by atoms with E-state index in [1.54, 1.807) is 7.11 Å². The molecule has 4 aromatic rings. The molecule has 0 amide bonds. The molecule has 1 aliphatic heterocycles. The topological polar surface area (TPSA) is 22.9 Å². The summed E-state index contributed by atoms with van der Waals surface area (Å²) in [6.45, 7) is 0. The highest BCUT2D eigenvalue weighted by molar-refractivity contribution is 5.86. The number of fused-ring (bicyclic) bond motifs is 3. The average Bonchev–Trinajstić information content (AvgIpc) is 3.09. The first-order valence-electron chi connectivity index (χ1n) is 9.32. The van der Waals surface area contributed by atoms with Crippen LogP contribution >= 0.6 is 0 Å². The van der Waals surface area contributed by atoms with E-state index in [1.807, 2.05) is 36.4 Å². The lowest BCUT2D eigenvalue weighted by Gasteiger charge is -2.17. The number of rotatable bonds is 4.